The second-order valence-corrected chi connectivity index (χ2v) is 6.14. The van der Waals surface area contributed by atoms with Crippen molar-refractivity contribution in [3.8, 4) is 0 Å². The summed E-state index contributed by atoms with van der Waals surface area (Å²) < 4.78 is 0. The molecule has 0 saturated heterocycles. The molecule has 1 N–H and O–H groups in total. The first-order chi connectivity index (χ1) is 9.90. The van der Waals surface area contributed by atoms with Gasteiger partial charge in [0.2, 0.25) is 5.95 Å². The van der Waals surface area contributed by atoms with Gasteiger partial charge in [0, 0.05) is 16.5 Å². The third-order valence-corrected chi connectivity index (χ3v) is 4.84. The molecule has 1 unspecified atom stereocenters. The number of para-hydroxylation sites is 1. The zero-order chi connectivity index (χ0) is 13.4. The van der Waals surface area contributed by atoms with Gasteiger partial charge in [0.15, 0.2) is 0 Å². The second kappa shape index (κ2) is 4.87. The summed E-state index contributed by atoms with van der Waals surface area (Å²) in [6, 6.07) is 10.7. The number of fused-ring (bicyclic) bond motifs is 2. The maximum absolute atomic E-state index is 4.61. The molecule has 0 amide bonds. The Morgan fingerprint density at radius 1 is 1.20 bits per heavy atom. The van der Waals surface area contributed by atoms with Crippen molar-refractivity contribution in [1.82, 2.24) is 9.97 Å². The zero-order valence-electron chi connectivity index (χ0n) is 11.0. The highest BCUT2D eigenvalue weighted by Gasteiger charge is 2.21. The molecule has 0 radical (unpaired) electrons. The third-order valence-electron chi connectivity index (χ3n) is 3.84. The van der Waals surface area contributed by atoms with Gasteiger partial charge in [0.1, 0.15) is 0 Å². The lowest BCUT2D eigenvalue weighted by Gasteiger charge is -2.23. The van der Waals surface area contributed by atoms with E-state index in [0.29, 0.717) is 6.04 Å². The van der Waals surface area contributed by atoms with Crippen LogP contribution in [0.5, 0.6) is 0 Å². The van der Waals surface area contributed by atoms with Crippen molar-refractivity contribution in [1.29, 1.82) is 0 Å². The van der Waals surface area contributed by atoms with Crippen molar-refractivity contribution < 1.29 is 0 Å². The first kappa shape index (κ1) is 11.9. The quantitative estimate of drug-likeness (QED) is 0.765. The number of thiophene rings is 1. The van der Waals surface area contributed by atoms with Crippen molar-refractivity contribution in [3.63, 3.8) is 0 Å². The fourth-order valence-corrected chi connectivity index (χ4v) is 3.82. The minimum Gasteiger partial charge on any atom is -0.347 e. The molecule has 2 aromatic heterocycles. The molecule has 4 heteroatoms. The van der Waals surface area contributed by atoms with Crippen LogP contribution in [-0.4, -0.2) is 9.97 Å². The van der Waals surface area contributed by atoms with Gasteiger partial charge in [0.25, 0.3) is 0 Å². The molecule has 100 valence electrons. The number of benzene rings is 1. The maximum atomic E-state index is 4.61. The highest BCUT2D eigenvalue weighted by Crippen LogP contribution is 2.35. The van der Waals surface area contributed by atoms with Gasteiger partial charge in [-0.15, -0.1) is 11.3 Å². The molecule has 1 aromatic carbocycles. The van der Waals surface area contributed by atoms with E-state index in [1.165, 1.54) is 23.3 Å². The van der Waals surface area contributed by atoms with Crippen LogP contribution in [0.3, 0.4) is 0 Å². The van der Waals surface area contributed by atoms with Crippen molar-refractivity contribution in [3.05, 3.63) is 52.3 Å². The lowest BCUT2D eigenvalue weighted by atomic mass is 9.94. The molecule has 20 heavy (non-hydrogen) atoms. The van der Waals surface area contributed by atoms with Crippen LogP contribution in [0.25, 0.3) is 10.9 Å². The maximum Gasteiger partial charge on any atom is 0.223 e. The van der Waals surface area contributed by atoms with Crippen molar-refractivity contribution in [2.75, 3.05) is 5.32 Å². The lowest BCUT2D eigenvalue weighted by molar-refractivity contribution is 0.605. The summed E-state index contributed by atoms with van der Waals surface area (Å²) in [6.45, 7) is 0. The predicted molar refractivity (Wildman–Crippen MR) is 83.2 cm³/mol. The van der Waals surface area contributed by atoms with Gasteiger partial charge < -0.3 is 5.32 Å². The van der Waals surface area contributed by atoms with Crippen LogP contribution in [0.2, 0.25) is 0 Å². The molecule has 1 atom stereocenters. The van der Waals surface area contributed by atoms with Crippen LogP contribution in [0.4, 0.5) is 5.95 Å². The van der Waals surface area contributed by atoms with Crippen molar-refractivity contribution in [2.24, 2.45) is 0 Å². The Hall–Kier alpha value is -1.94. The van der Waals surface area contributed by atoms with E-state index in [1.807, 2.05) is 41.8 Å². The molecular formula is C16H15N3S. The Morgan fingerprint density at radius 3 is 3.15 bits per heavy atom. The van der Waals surface area contributed by atoms with E-state index in [0.717, 1.165) is 23.3 Å². The molecule has 3 nitrogen and oxygen atoms in total. The van der Waals surface area contributed by atoms with Crippen molar-refractivity contribution in [2.45, 2.75) is 25.3 Å². The number of anilines is 1. The van der Waals surface area contributed by atoms with E-state index in [4.69, 9.17) is 0 Å². The van der Waals surface area contributed by atoms with E-state index >= 15 is 0 Å². The van der Waals surface area contributed by atoms with Gasteiger partial charge >= 0.3 is 0 Å². The molecule has 1 aliphatic rings. The summed E-state index contributed by atoms with van der Waals surface area (Å²) in [5, 5.41) is 6.77. The third kappa shape index (κ3) is 2.06. The molecule has 0 spiro atoms. The van der Waals surface area contributed by atoms with E-state index in [-0.39, 0.29) is 0 Å². The Labute approximate surface area is 121 Å². The number of aromatic nitrogens is 2. The van der Waals surface area contributed by atoms with Gasteiger partial charge in [-0.1, -0.05) is 18.2 Å². The van der Waals surface area contributed by atoms with Crippen molar-refractivity contribution >= 4 is 28.2 Å². The monoisotopic (exact) mass is 281 g/mol. The molecule has 3 aromatic rings. The summed E-state index contributed by atoms with van der Waals surface area (Å²) >= 11 is 1.86. The molecule has 0 bridgehead atoms. The fourth-order valence-electron chi connectivity index (χ4n) is 2.83. The van der Waals surface area contributed by atoms with Gasteiger partial charge in [0.05, 0.1) is 11.6 Å². The molecule has 0 aliphatic heterocycles. The average Bonchev–Trinajstić information content (AvgIpc) is 2.97. The van der Waals surface area contributed by atoms with Gasteiger partial charge in [-0.3, -0.25) is 0 Å². The zero-order valence-corrected chi connectivity index (χ0v) is 11.9. The topological polar surface area (TPSA) is 37.8 Å². The Kier molecular flexibility index (Phi) is 2.89. The summed E-state index contributed by atoms with van der Waals surface area (Å²) in [5.74, 6) is 0.729. The molecule has 0 fully saturated rings. The summed E-state index contributed by atoms with van der Waals surface area (Å²) in [7, 11) is 0. The van der Waals surface area contributed by atoms with Crippen LogP contribution >= 0.6 is 11.3 Å². The minimum absolute atomic E-state index is 0.353. The summed E-state index contributed by atoms with van der Waals surface area (Å²) in [6.07, 6.45) is 5.49. The first-order valence-corrected chi connectivity index (χ1v) is 7.83. The summed E-state index contributed by atoms with van der Waals surface area (Å²) in [4.78, 5) is 10.6. The number of hydrogen-bond donors (Lipinski definition) is 1. The SMILES string of the molecule is c1ccc2nc(NC3CCCc4sccc43)ncc2c1. The Morgan fingerprint density at radius 2 is 2.15 bits per heavy atom. The van der Waals surface area contributed by atoms with Gasteiger partial charge in [-0.05, 0) is 42.3 Å². The van der Waals surface area contributed by atoms with Gasteiger partial charge in [-0.2, -0.15) is 0 Å². The highest BCUT2D eigenvalue weighted by molar-refractivity contribution is 7.10. The first-order valence-electron chi connectivity index (χ1n) is 6.95. The number of nitrogens with zero attached hydrogens (tertiary/aromatic N) is 2. The van der Waals surface area contributed by atoms with Gasteiger partial charge in [-0.25, -0.2) is 9.97 Å². The van der Waals surface area contributed by atoms with E-state index in [2.05, 4.69) is 26.7 Å². The van der Waals surface area contributed by atoms with Crippen LogP contribution in [-0.2, 0) is 6.42 Å². The number of aryl methyl sites for hydroxylation is 1. The molecule has 0 saturated carbocycles. The summed E-state index contributed by atoms with van der Waals surface area (Å²) in [5.41, 5.74) is 2.42. The number of rotatable bonds is 2. The Bertz CT molecular complexity index is 750. The van der Waals surface area contributed by atoms with Crippen LogP contribution in [0.1, 0.15) is 29.3 Å². The second-order valence-electron chi connectivity index (χ2n) is 5.14. The molecule has 4 rings (SSSR count). The smallest absolute Gasteiger partial charge is 0.223 e. The van der Waals surface area contributed by atoms with Crippen LogP contribution in [0.15, 0.2) is 41.9 Å². The fraction of sp³-hybridized carbons (Fsp3) is 0.250. The minimum atomic E-state index is 0.353. The lowest BCUT2D eigenvalue weighted by Crippen LogP contribution is -2.17. The Balaban J connectivity index is 1.65. The van der Waals surface area contributed by atoms with E-state index in [1.54, 1.807) is 0 Å². The normalized spacial score (nSPS) is 17.9. The van der Waals surface area contributed by atoms with Crippen LogP contribution < -0.4 is 5.32 Å². The molecule has 2 heterocycles. The van der Waals surface area contributed by atoms with Crippen LogP contribution in [0, 0.1) is 0 Å². The molecule has 1 aliphatic carbocycles. The number of hydrogen-bond acceptors (Lipinski definition) is 4. The molecular weight excluding hydrogens is 266 g/mol. The highest BCUT2D eigenvalue weighted by atomic mass is 32.1. The standard InChI is InChI=1S/C16H15N3S/c1-2-5-13-11(4-1)10-17-16(18-13)19-14-6-3-7-15-12(14)8-9-20-15/h1-2,4-5,8-10,14H,3,6-7H2,(H,17,18,19). The largest absolute Gasteiger partial charge is 0.347 e. The average molecular weight is 281 g/mol. The predicted octanol–water partition coefficient (Wildman–Crippen LogP) is 4.18. The number of nitrogens with one attached hydrogen (secondary N) is 1. The van der Waals surface area contributed by atoms with E-state index in [9.17, 15) is 0 Å². The van der Waals surface area contributed by atoms with E-state index < -0.39 is 0 Å².